The lowest BCUT2D eigenvalue weighted by molar-refractivity contribution is -0.137. The van der Waals surface area contributed by atoms with Gasteiger partial charge in [0.25, 0.3) is 0 Å². The van der Waals surface area contributed by atoms with E-state index < -0.39 is 11.7 Å². The summed E-state index contributed by atoms with van der Waals surface area (Å²) < 4.78 is 39.0. The van der Waals surface area contributed by atoms with Gasteiger partial charge in [-0.15, -0.1) is 24.8 Å². The Kier molecular flexibility index (Phi) is 9.86. The average molecular weight is 394 g/mol. The van der Waals surface area contributed by atoms with Crippen molar-refractivity contribution in [2.24, 2.45) is 0 Å². The minimum Gasteiger partial charge on any atom is -0.314 e. The van der Waals surface area contributed by atoms with E-state index in [1.807, 2.05) is 6.92 Å². The monoisotopic (exact) mass is 392 g/mol. The van der Waals surface area contributed by atoms with Gasteiger partial charge in [-0.3, -0.25) is 4.90 Å². The average Bonchev–Trinajstić information content (AvgIpc) is 2.45. The molecule has 0 aromatic heterocycles. The summed E-state index contributed by atoms with van der Waals surface area (Å²) in [6.45, 7) is 5.42. The van der Waals surface area contributed by atoms with Crippen molar-refractivity contribution >= 4 is 36.4 Å². The first kappa shape index (κ1) is 22.8. The zero-order valence-electron chi connectivity index (χ0n) is 12.8. The molecule has 0 aliphatic carbocycles. The first-order valence-corrected chi connectivity index (χ1v) is 7.63. The molecule has 0 bridgehead atoms. The van der Waals surface area contributed by atoms with E-state index in [0.29, 0.717) is 5.56 Å². The van der Waals surface area contributed by atoms with Gasteiger partial charge in [-0.2, -0.15) is 13.2 Å². The van der Waals surface area contributed by atoms with Crippen molar-refractivity contribution in [2.75, 3.05) is 26.2 Å². The van der Waals surface area contributed by atoms with Crippen molar-refractivity contribution in [3.63, 3.8) is 0 Å². The molecule has 0 radical (unpaired) electrons. The largest absolute Gasteiger partial charge is 0.417 e. The van der Waals surface area contributed by atoms with Crippen molar-refractivity contribution in [1.82, 2.24) is 10.2 Å². The Morgan fingerprint density at radius 3 is 2.35 bits per heavy atom. The molecule has 23 heavy (non-hydrogen) atoms. The van der Waals surface area contributed by atoms with E-state index in [1.165, 1.54) is 6.07 Å². The molecular weight excluding hydrogens is 372 g/mol. The summed E-state index contributed by atoms with van der Waals surface area (Å²) >= 11 is 6.08. The Hall–Kier alpha value is -0.200. The number of halogens is 6. The number of nitrogens with zero attached hydrogens (tertiary/aromatic N) is 1. The molecule has 1 atom stereocenters. The third-order valence-electron chi connectivity index (χ3n) is 3.85. The molecular formula is C15H22Cl3F3N2. The number of rotatable bonds is 4. The molecule has 2 rings (SSSR count). The Morgan fingerprint density at radius 1 is 1.22 bits per heavy atom. The number of hydrogen-bond acceptors (Lipinski definition) is 2. The third-order valence-corrected chi connectivity index (χ3v) is 4.27. The second kappa shape index (κ2) is 9.94. The van der Waals surface area contributed by atoms with Gasteiger partial charge in [0.05, 0.1) is 10.6 Å². The van der Waals surface area contributed by atoms with Gasteiger partial charge in [0.15, 0.2) is 0 Å². The van der Waals surface area contributed by atoms with Crippen molar-refractivity contribution in [1.29, 1.82) is 0 Å². The fourth-order valence-corrected chi connectivity index (χ4v) is 3.19. The molecule has 1 saturated heterocycles. The molecule has 1 heterocycles. The van der Waals surface area contributed by atoms with Crippen molar-refractivity contribution in [3.8, 4) is 0 Å². The maximum absolute atomic E-state index is 13.0. The molecule has 1 aliphatic heterocycles. The highest BCUT2D eigenvalue weighted by molar-refractivity contribution is 6.32. The van der Waals surface area contributed by atoms with Crippen LogP contribution in [0.15, 0.2) is 18.2 Å². The van der Waals surface area contributed by atoms with E-state index in [2.05, 4.69) is 10.2 Å². The number of alkyl halides is 3. The first-order valence-electron chi connectivity index (χ1n) is 7.25. The van der Waals surface area contributed by atoms with E-state index in [0.717, 1.165) is 45.1 Å². The summed E-state index contributed by atoms with van der Waals surface area (Å²) in [4.78, 5) is 2.22. The predicted octanol–water partition coefficient (Wildman–Crippen LogP) is 4.95. The molecule has 1 aliphatic rings. The summed E-state index contributed by atoms with van der Waals surface area (Å²) in [6, 6.07) is 4.17. The van der Waals surface area contributed by atoms with Crippen LogP contribution < -0.4 is 5.32 Å². The normalized spacial score (nSPS) is 17.1. The Balaban J connectivity index is 0.00000242. The Morgan fingerprint density at radius 2 is 1.83 bits per heavy atom. The third kappa shape index (κ3) is 5.68. The van der Waals surface area contributed by atoms with Gasteiger partial charge in [0, 0.05) is 32.2 Å². The van der Waals surface area contributed by atoms with Crippen LogP contribution in [0, 0.1) is 0 Å². The number of hydrogen-bond donors (Lipinski definition) is 1. The van der Waals surface area contributed by atoms with E-state index in [1.54, 1.807) is 6.07 Å². The van der Waals surface area contributed by atoms with Gasteiger partial charge < -0.3 is 5.32 Å². The smallest absolute Gasteiger partial charge is 0.314 e. The molecule has 0 unspecified atom stereocenters. The van der Waals surface area contributed by atoms with Crippen LogP contribution in [-0.4, -0.2) is 31.1 Å². The molecule has 134 valence electrons. The van der Waals surface area contributed by atoms with Crippen LogP contribution in [0.1, 0.15) is 36.9 Å². The second-order valence-electron chi connectivity index (χ2n) is 5.30. The zero-order valence-corrected chi connectivity index (χ0v) is 15.2. The summed E-state index contributed by atoms with van der Waals surface area (Å²) in [7, 11) is 0. The van der Waals surface area contributed by atoms with Gasteiger partial charge in [0.1, 0.15) is 0 Å². The molecule has 2 nitrogen and oxygen atoms in total. The molecule has 0 spiro atoms. The van der Waals surface area contributed by atoms with Gasteiger partial charge in [0.2, 0.25) is 0 Å². The lowest BCUT2D eigenvalue weighted by Gasteiger charge is -2.36. The zero-order chi connectivity index (χ0) is 15.5. The summed E-state index contributed by atoms with van der Waals surface area (Å²) in [5.74, 6) is 0. The SMILES string of the molecule is CCC[C@H](c1cccc(C(F)(F)F)c1Cl)N1CCNCC1.Cl.Cl. The summed E-state index contributed by atoms with van der Waals surface area (Å²) in [5.41, 5.74) is -0.145. The van der Waals surface area contributed by atoms with Gasteiger partial charge in [-0.25, -0.2) is 0 Å². The quantitative estimate of drug-likeness (QED) is 0.778. The van der Waals surface area contributed by atoms with Crippen LogP contribution in [0.3, 0.4) is 0 Å². The van der Waals surface area contributed by atoms with Crippen LogP contribution in [0.5, 0.6) is 0 Å². The first-order chi connectivity index (χ1) is 9.95. The standard InChI is InChI=1S/C15H20ClF3N2.2ClH/c1-2-4-13(21-9-7-20-8-10-21)11-5-3-6-12(14(11)16)15(17,18)19;;/h3,5-6,13,20H,2,4,7-10H2,1H3;2*1H/t13-;;/m1../s1. The predicted molar refractivity (Wildman–Crippen MR) is 93.0 cm³/mol. The molecule has 1 N–H and O–H groups in total. The Labute approximate surface area is 152 Å². The van der Waals surface area contributed by atoms with Crippen molar-refractivity contribution < 1.29 is 13.2 Å². The van der Waals surface area contributed by atoms with Crippen molar-refractivity contribution in [3.05, 3.63) is 34.3 Å². The number of nitrogens with one attached hydrogen (secondary N) is 1. The molecule has 0 saturated carbocycles. The highest BCUT2D eigenvalue weighted by atomic mass is 35.5. The van der Waals surface area contributed by atoms with Crippen LogP contribution in [-0.2, 0) is 6.18 Å². The molecule has 1 aromatic carbocycles. The number of piperazine rings is 1. The highest BCUT2D eigenvalue weighted by Gasteiger charge is 2.35. The topological polar surface area (TPSA) is 15.3 Å². The minimum atomic E-state index is -4.41. The van der Waals surface area contributed by atoms with Crippen LogP contribution in [0.2, 0.25) is 5.02 Å². The van der Waals surface area contributed by atoms with Crippen LogP contribution in [0.4, 0.5) is 13.2 Å². The van der Waals surface area contributed by atoms with Gasteiger partial charge in [-0.1, -0.05) is 37.1 Å². The van der Waals surface area contributed by atoms with E-state index in [-0.39, 0.29) is 35.9 Å². The minimum absolute atomic E-state index is 0. The number of benzene rings is 1. The molecule has 1 aromatic rings. The molecule has 1 fully saturated rings. The highest BCUT2D eigenvalue weighted by Crippen LogP contribution is 2.40. The summed E-state index contributed by atoms with van der Waals surface area (Å²) in [5, 5.41) is 3.11. The van der Waals surface area contributed by atoms with Crippen LogP contribution in [0.25, 0.3) is 0 Å². The van der Waals surface area contributed by atoms with Crippen LogP contribution >= 0.6 is 36.4 Å². The van der Waals surface area contributed by atoms with E-state index in [4.69, 9.17) is 11.6 Å². The fraction of sp³-hybridized carbons (Fsp3) is 0.600. The Bertz CT molecular complexity index is 478. The summed E-state index contributed by atoms with van der Waals surface area (Å²) in [6.07, 6.45) is -2.70. The maximum atomic E-state index is 13.0. The van der Waals surface area contributed by atoms with Gasteiger partial charge in [-0.05, 0) is 18.1 Å². The van der Waals surface area contributed by atoms with Crippen molar-refractivity contribution in [2.45, 2.75) is 32.0 Å². The van der Waals surface area contributed by atoms with Gasteiger partial charge >= 0.3 is 6.18 Å². The lowest BCUT2D eigenvalue weighted by Crippen LogP contribution is -2.45. The molecule has 8 heteroatoms. The van der Waals surface area contributed by atoms with E-state index in [9.17, 15) is 13.2 Å². The maximum Gasteiger partial charge on any atom is 0.417 e. The molecule has 0 amide bonds. The second-order valence-corrected chi connectivity index (χ2v) is 5.67. The lowest BCUT2D eigenvalue weighted by atomic mass is 9.97. The fourth-order valence-electron chi connectivity index (χ4n) is 2.83. The van der Waals surface area contributed by atoms with E-state index >= 15 is 0 Å².